The highest BCUT2D eigenvalue weighted by molar-refractivity contribution is 8.14. The van der Waals surface area contributed by atoms with Crippen LogP contribution in [0.1, 0.15) is 35.5 Å². The van der Waals surface area contributed by atoms with Crippen molar-refractivity contribution >= 4 is 22.6 Å². The lowest BCUT2D eigenvalue weighted by molar-refractivity contribution is -0.138. The quantitative estimate of drug-likeness (QED) is 0.634. The van der Waals surface area contributed by atoms with E-state index in [0.29, 0.717) is 5.82 Å². The zero-order chi connectivity index (χ0) is 22.3. The molecule has 31 heavy (non-hydrogen) atoms. The van der Waals surface area contributed by atoms with Crippen molar-refractivity contribution in [3.05, 3.63) is 65.1 Å². The number of aromatic nitrogens is 4. The lowest BCUT2D eigenvalue weighted by Gasteiger charge is -2.15. The third-order valence-electron chi connectivity index (χ3n) is 4.97. The van der Waals surface area contributed by atoms with Crippen molar-refractivity contribution < 1.29 is 13.2 Å². The van der Waals surface area contributed by atoms with E-state index in [1.165, 1.54) is 28.6 Å². The number of rotatable bonds is 5. The van der Waals surface area contributed by atoms with Crippen LogP contribution in [0.3, 0.4) is 0 Å². The van der Waals surface area contributed by atoms with Crippen molar-refractivity contribution in [3.63, 3.8) is 0 Å². The molecule has 0 spiro atoms. The Hall–Kier alpha value is -2.79. The molecule has 1 aliphatic heterocycles. The first-order valence-corrected chi connectivity index (χ1v) is 10.5. The molecular weight excluding hydrogens is 427 g/mol. The molecule has 2 N–H and O–H groups in total. The molecule has 164 valence electrons. The number of aryl methyl sites for hydroxylation is 2. The van der Waals surface area contributed by atoms with Crippen LogP contribution < -0.4 is 10.7 Å². The lowest BCUT2D eigenvalue weighted by atomic mass is 10.1. The van der Waals surface area contributed by atoms with Crippen LogP contribution in [-0.2, 0) is 12.7 Å². The Morgan fingerprint density at radius 1 is 1.16 bits per heavy atom. The monoisotopic (exact) mass is 449 g/mol. The molecule has 0 radical (unpaired) electrons. The summed E-state index contributed by atoms with van der Waals surface area (Å²) in [5, 5.41) is 15.9. The highest BCUT2D eigenvalue weighted by Crippen LogP contribution is 2.34. The van der Waals surface area contributed by atoms with Gasteiger partial charge in [-0.3, -0.25) is 9.36 Å². The van der Waals surface area contributed by atoms with Crippen molar-refractivity contribution in [1.82, 2.24) is 19.6 Å². The average molecular weight is 450 g/mol. The zero-order valence-electron chi connectivity index (χ0n) is 17.2. The van der Waals surface area contributed by atoms with Gasteiger partial charge in [-0.05, 0) is 38.5 Å². The van der Waals surface area contributed by atoms with E-state index in [0.717, 1.165) is 22.5 Å². The van der Waals surface area contributed by atoms with Gasteiger partial charge in [0.1, 0.15) is 5.04 Å². The summed E-state index contributed by atoms with van der Waals surface area (Å²) in [6, 6.07) is 9.07. The average Bonchev–Trinajstić information content (AvgIpc) is 3.39. The molecule has 2 aromatic heterocycles. The topological polar surface area (TPSA) is 77.3 Å². The number of nitrogens with zero attached hydrogens (tertiary/aromatic N) is 6. The Morgan fingerprint density at radius 3 is 2.58 bits per heavy atom. The first-order valence-electron chi connectivity index (χ1n) is 9.65. The van der Waals surface area contributed by atoms with Gasteiger partial charge < -0.3 is 5.73 Å². The maximum Gasteiger partial charge on any atom is 0.416 e. The van der Waals surface area contributed by atoms with Crippen LogP contribution in [0.5, 0.6) is 0 Å². The van der Waals surface area contributed by atoms with Gasteiger partial charge >= 0.3 is 6.18 Å². The van der Waals surface area contributed by atoms with Gasteiger partial charge in [0.15, 0.2) is 11.3 Å². The standard InChI is InChI=1S/C20H22F3N7S/c1-12-10-13(2)29(25-12)14(3)18-27-30(19(24)31-18)17-8-9-28(26-17)11-15-6-4-5-7-16(15)20(21,22)23/h4-10,14,19H,11,24H2,1-3H3. The van der Waals surface area contributed by atoms with Gasteiger partial charge in [-0.1, -0.05) is 30.0 Å². The van der Waals surface area contributed by atoms with E-state index < -0.39 is 17.2 Å². The molecule has 0 bridgehead atoms. The second-order valence-corrected chi connectivity index (χ2v) is 8.50. The molecule has 2 unspecified atom stereocenters. The van der Waals surface area contributed by atoms with Crippen LogP contribution in [0.15, 0.2) is 47.7 Å². The van der Waals surface area contributed by atoms with Crippen molar-refractivity contribution in [2.75, 3.05) is 5.01 Å². The maximum atomic E-state index is 13.3. The maximum absolute atomic E-state index is 13.3. The van der Waals surface area contributed by atoms with E-state index in [9.17, 15) is 13.2 Å². The summed E-state index contributed by atoms with van der Waals surface area (Å²) in [6.07, 6.45) is -2.79. The summed E-state index contributed by atoms with van der Waals surface area (Å²) in [4.78, 5) is 0. The van der Waals surface area contributed by atoms with Crippen molar-refractivity contribution in [3.8, 4) is 0 Å². The fraction of sp³-hybridized carbons (Fsp3) is 0.350. The molecule has 3 heterocycles. The largest absolute Gasteiger partial charge is 0.416 e. The summed E-state index contributed by atoms with van der Waals surface area (Å²) in [7, 11) is 0. The minimum Gasteiger partial charge on any atom is -0.301 e. The smallest absolute Gasteiger partial charge is 0.301 e. The van der Waals surface area contributed by atoms with Gasteiger partial charge in [0.2, 0.25) is 0 Å². The van der Waals surface area contributed by atoms with Gasteiger partial charge in [-0.2, -0.15) is 28.5 Å². The first kappa shape index (κ1) is 21.4. The second-order valence-electron chi connectivity index (χ2n) is 7.37. The molecular formula is C20H22F3N7S. The summed E-state index contributed by atoms with van der Waals surface area (Å²) in [5.41, 5.74) is 7.19. The predicted octanol–water partition coefficient (Wildman–Crippen LogP) is 4.13. The van der Waals surface area contributed by atoms with Crippen LogP contribution in [0.2, 0.25) is 0 Å². The number of anilines is 1. The molecule has 1 aliphatic rings. The number of hydrogen-bond donors (Lipinski definition) is 1. The highest BCUT2D eigenvalue weighted by atomic mass is 32.2. The Kier molecular flexibility index (Phi) is 5.56. The van der Waals surface area contributed by atoms with E-state index in [4.69, 9.17) is 5.73 Å². The number of alkyl halides is 3. The normalized spacial score (nSPS) is 17.8. The minimum atomic E-state index is -4.42. The highest BCUT2D eigenvalue weighted by Gasteiger charge is 2.34. The molecule has 7 nitrogen and oxygen atoms in total. The molecule has 2 atom stereocenters. The number of hydrogen-bond acceptors (Lipinski definition) is 6. The fourth-order valence-corrected chi connectivity index (χ4v) is 4.47. The van der Waals surface area contributed by atoms with Crippen LogP contribution in [0.4, 0.5) is 19.0 Å². The molecule has 0 amide bonds. The van der Waals surface area contributed by atoms with Crippen LogP contribution >= 0.6 is 11.8 Å². The first-order chi connectivity index (χ1) is 14.6. The number of hydrazone groups is 1. The Balaban J connectivity index is 1.55. The van der Waals surface area contributed by atoms with Crippen LogP contribution in [0, 0.1) is 13.8 Å². The molecule has 3 aromatic rings. The van der Waals surface area contributed by atoms with E-state index in [1.54, 1.807) is 23.3 Å². The molecule has 0 fully saturated rings. The van der Waals surface area contributed by atoms with Gasteiger partial charge in [0, 0.05) is 18.0 Å². The van der Waals surface area contributed by atoms with Gasteiger partial charge in [0.05, 0.1) is 23.8 Å². The lowest BCUT2D eigenvalue weighted by Crippen LogP contribution is -2.32. The van der Waals surface area contributed by atoms with Crippen LogP contribution in [0.25, 0.3) is 0 Å². The number of thioether (sulfide) groups is 1. The third-order valence-corrected chi connectivity index (χ3v) is 6.08. The summed E-state index contributed by atoms with van der Waals surface area (Å²) < 4.78 is 43.1. The molecule has 0 aliphatic carbocycles. The molecule has 11 heteroatoms. The van der Waals surface area contributed by atoms with E-state index in [2.05, 4.69) is 15.3 Å². The molecule has 4 rings (SSSR count). The summed E-state index contributed by atoms with van der Waals surface area (Å²) in [5.74, 6) is 0.472. The predicted molar refractivity (Wildman–Crippen MR) is 115 cm³/mol. The number of halogens is 3. The Bertz CT molecular complexity index is 1120. The molecule has 1 aromatic carbocycles. The van der Waals surface area contributed by atoms with Gasteiger partial charge in [-0.25, -0.2) is 5.01 Å². The van der Waals surface area contributed by atoms with Crippen molar-refractivity contribution in [2.45, 2.75) is 45.0 Å². The summed E-state index contributed by atoms with van der Waals surface area (Å²) >= 11 is 1.40. The third kappa shape index (κ3) is 4.33. The Morgan fingerprint density at radius 2 is 1.90 bits per heavy atom. The number of benzene rings is 1. The zero-order valence-corrected chi connectivity index (χ0v) is 18.0. The van der Waals surface area contributed by atoms with Gasteiger partial charge in [-0.15, -0.1) is 0 Å². The SMILES string of the molecule is Cc1cc(C)n(C(C)C2=NN(c3ccn(Cc4ccccc4C(F)(F)F)n3)C(N)S2)n1. The van der Waals surface area contributed by atoms with E-state index in [-0.39, 0.29) is 18.2 Å². The molecule has 0 saturated carbocycles. The van der Waals surface area contributed by atoms with E-state index in [1.807, 2.05) is 31.5 Å². The van der Waals surface area contributed by atoms with Gasteiger partial charge in [0.25, 0.3) is 0 Å². The van der Waals surface area contributed by atoms with Crippen molar-refractivity contribution in [1.29, 1.82) is 0 Å². The number of nitrogens with two attached hydrogens (primary N) is 1. The minimum absolute atomic E-state index is 0.00929. The fourth-order valence-electron chi connectivity index (χ4n) is 3.54. The van der Waals surface area contributed by atoms with Crippen molar-refractivity contribution in [2.24, 2.45) is 10.8 Å². The summed E-state index contributed by atoms with van der Waals surface area (Å²) in [6.45, 7) is 5.90. The molecule has 0 saturated heterocycles. The Labute approximate surface area is 181 Å². The van der Waals surface area contributed by atoms with Crippen LogP contribution in [-0.4, -0.2) is 30.1 Å². The van der Waals surface area contributed by atoms with E-state index >= 15 is 0 Å². The second kappa shape index (κ2) is 8.04.